The van der Waals surface area contributed by atoms with Crippen LogP contribution in [-0.2, 0) is 15.1 Å². The number of carbonyl (C=O) groups excluding carboxylic acids is 3. The Bertz CT molecular complexity index is 1240. The SMILES string of the molecule is CC1(c2ccc(F)cc2)NC(=O)N(CC(=O)N2N=C(c3ccco3)CC2c2ccco2)C1=O. The van der Waals surface area contributed by atoms with E-state index in [2.05, 4.69) is 10.4 Å². The van der Waals surface area contributed by atoms with Crippen LogP contribution < -0.4 is 5.32 Å². The lowest BCUT2D eigenvalue weighted by Crippen LogP contribution is -2.43. The smallest absolute Gasteiger partial charge is 0.325 e. The molecule has 1 N–H and O–H groups in total. The maximum Gasteiger partial charge on any atom is 0.325 e. The van der Waals surface area contributed by atoms with Crippen LogP contribution in [0.4, 0.5) is 9.18 Å². The molecule has 2 unspecified atom stereocenters. The lowest BCUT2D eigenvalue weighted by molar-refractivity contribution is -0.140. The third-order valence-corrected chi connectivity index (χ3v) is 5.83. The fourth-order valence-corrected chi connectivity index (χ4v) is 4.06. The molecule has 0 saturated carbocycles. The van der Waals surface area contributed by atoms with Gasteiger partial charge in [-0.25, -0.2) is 14.2 Å². The number of imide groups is 1. The topological polar surface area (TPSA) is 108 Å². The van der Waals surface area contributed by atoms with Gasteiger partial charge in [-0.15, -0.1) is 0 Å². The fraction of sp³-hybridized carbons (Fsp3) is 0.217. The van der Waals surface area contributed by atoms with E-state index in [1.54, 1.807) is 24.3 Å². The normalized spacial score (nSPS) is 22.6. The molecule has 2 aromatic heterocycles. The summed E-state index contributed by atoms with van der Waals surface area (Å²) in [7, 11) is 0. The van der Waals surface area contributed by atoms with E-state index >= 15 is 0 Å². The third kappa shape index (κ3) is 3.49. The first kappa shape index (κ1) is 20.7. The molecular formula is C23H19FN4O5. The van der Waals surface area contributed by atoms with E-state index in [4.69, 9.17) is 8.83 Å². The number of benzene rings is 1. The number of carbonyl (C=O) groups is 3. The second kappa shape index (κ2) is 7.73. The number of hydrogen-bond acceptors (Lipinski definition) is 6. The number of nitrogens with zero attached hydrogens (tertiary/aromatic N) is 3. The Morgan fingerprint density at radius 1 is 1.15 bits per heavy atom. The minimum absolute atomic E-state index is 0.347. The molecule has 2 atom stereocenters. The summed E-state index contributed by atoms with van der Waals surface area (Å²) in [6, 6.07) is 10.9. The number of hydrogen-bond donors (Lipinski definition) is 1. The highest BCUT2D eigenvalue weighted by molar-refractivity contribution is 6.09. The standard InChI is InChI=1S/C23H19FN4O5/c1-23(14-6-8-15(24)9-7-14)21(30)27(22(31)25-23)13-20(29)28-17(19-5-3-11-33-19)12-16(26-28)18-4-2-10-32-18/h2-11,17H,12-13H2,1H3,(H,25,31). The predicted octanol–water partition coefficient (Wildman–Crippen LogP) is 3.16. The molecule has 0 radical (unpaired) electrons. The Labute approximate surface area is 187 Å². The number of amides is 4. The fourth-order valence-electron chi connectivity index (χ4n) is 4.06. The maximum atomic E-state index is 13.3. The van der Waals surface area contributed by atoms with Gasteiger partial charge < -0.3 is 14.2 Å². The molecule has 9 nitrogen and oxygen atoms in total. The Morgan fingerprint density at radius 3 is 2.55 bits per heavy atom. The quantitative estimate of drug-likeness (QED) is 0.601. The molecule has 5 rings (SSSR count). The zero-order valence-corrected chi connectivity index (χ0v) is 17.5. The summed E-state index contributed by atoms with van der Waals surface area (Å²) in [5.74, 6) is -0.613. The molecule has 3 aromatic rings. The van der Waals surface area contributed by atoms with Crippen molar-refractivity contribution in [1.29, 1.82) is 0 Å². The van der Waals surface area contributed by atoms with Crippen LogP contribution in [0.15, 0.2) is 75.0 Å². The lowest BCUT2D eigenvalue weighted by Gasteiger charge is -2.24. The molecule has 1 aromatic carbocycles. The van der Waals surface area contributed by atoms with Crippen LogP contribution in [0.25, 0.3) is 0 Å². The van der Waals surface area contributed by atoms with Gasteiger partial charge in [-0.2, -0.15) is 5.10 Å². The number of nitrogens with one attached hydrogen (secondary N) is 1. The van der Waals surface area contributed by atoms with Crippen LogP contribution in [0.5, 0.6) is 0 Å². The zero-order valence-electron chi connectivity index (χ0n) is 17.5. The van der Waals surface area contributed by atoms with Crippen LogP contribution in [0.2, 0.25) is 0 Å². The second-order valence-electron chi connectivity index (χ2n) is 7.95. The molecule has 1 saturated heterocycles. The number of hydrazone groups is 1. The van der Waals surface area contributed by atoms with Gasteiger partial charge in [-0.05, 0) is 48.9 Å². The summed E-state index contributed by atoms with van der Waals surface area (Å²) in [6.07, 6.45) is 3.35. The van der Waals surface area contributed by atoms with E-state index in [0.717, 1.165) is 4.90 Å². The number of halogens is 1. The summed E-state index contributed by atoms with van der Waals surface area (Å²) in [4.78, 5) is 39.8. The Kier molecular flexibility index (Phi) is 4.85. The van der Waals surface area contributed by atoms with Crippen LogP contribution >= 0.6 is 0 Å². The minimum atomic E-state index is -1.42. The predicted molar refractivity (Wildman–Crippen MR) is 112 cm³/mol. The van der Waals surface area contributed by atoms with E-state index in [0.29, 0.717) is 29.2 Å². The van der Waals surface area contributed by atoms with Gasteiger partial charge in [0.2, 0.25) is 0 Å². The molecule has 0 spiro atoms. The van der Waals surface area contributed by atoms with Gasteiger partial charge in [-0.3, -0.25) is 14.5 Å². The van der Waals surface area contributed by atoms with Gasteiger partial charge in [0, 0.05) is 6.42 Å². The summed E-state index contributed by atoms with van der Waals surface area (Å²) < 4.78 is 24.2. The van der Waals surface area contributed by atoms with Crippen molar-refractivity contribution in [2.24, 2.45) is 5.10 Å². The lowest BCUT2D eigenvalue weighted by atomic mass is 9.92. The van der Waals surface area contributed by atoms with Crippen molar-refractivity contribution in [1.82, 2.24) is 15.2 Å². The van der Waals surface area contributed by atoms with E-state index < -0.39 is 41.8 Å². The molecule has 0 bridgehead atoms. The average Bonchev–Trinajstić information content (AvgIpc) is 3.58. The molecule has 2 aliphatic rings. The van der Waals surface area contributed by atoms with Gasteiger partial charge in [-0.1, -0.05) is 12.1 Å². The number of rotatable bonds is 5. The van der Waals surface area contributed by atoms with E-state index in [1.165, 1.54) is 48.7 Å². The van der Waals surface area contributed by atoms with Crippen LogP contribution in [-0.4, -0.2) is 40.0 Å². The zero-order chi connectivity index (χ0) is 23.2. The van der Waals surface area contributed by atoms with Crippen LogP contribution in [0.3, 0.4) is 0 Å². The molecule has 33 heavy (non-hydrogen) atoms. The van der Waals surface area contributed by atoms with Crippen molar-refractivity contribution >= 4 is 23.6 Å². The first-order valence-electron chi connectivity index (χ1n) is 10.2. The van der Waals surface area contributed by atoms with E-state index in [1.807, 2.05) is 0 Å². The summed E-state index contributed by atoms with van der Waals surface area (Å²) in [5.41, 5.74) is -0.466. The van der Waals surface area contributed by atoms with Crippen molar-refractivity contribution in [3.8, 4) is 0 Å². The molecule has 4 amide bonds. The highest BCUT2D eigenvalue weighted by Gasteiger charge is 2.50. The molecule has 4 heterocycles. The first-order chi connectivity index (χ1) is 15.9. The second-order valence-corrected chi connectivity index (χ2v) is 7.95. The molecule has 10 heteroatoms. The third-order valence-electron chi connectivity index (χ3n) is 5.83. The Balaban J connectivity index is 1.40. The minimum Gasteiger partial charge on any atom is -0.467 e. The van der Waals surface area contributed by atoms with Crippen molar-refractivity contribution in [3.05, 3.63) is 84.0 Å². The summed E-state index contributed by atoms with van der Waals surface area (Å²) in [6.45, 7) is 0.993. The van der Waals surface area contributed by atoms with Gasteiger partial charge in [0.15, 0.2) is 0 Å². The number of furan rings is 2. The largest absolute Gasteiger partial charge is 0.467 e. The highest BCUT2D eigenvalue weighted by Crippen LogP contribution is 2.34. The average molecular weight is 450 g/mol. The Morgan fingerprint density at radius 2 is 1.88 bits per heavy atom. The van der Waals surface area contributed by atoms with Crippen molar-refractivity contribution in [3.63, 3.8) is 0 Å². The maximum absolute atomic E-state index is 13.3. The Hall–Kier alpha value is -4.21. The van der Waals surface area contributed by atoms with Crippen molar-refractivity contribution in [2.45, 2.75) is 24.9 Å². The molecule has 2 aliphatic heterocycles. The van der Waals surface area contributed by atoms with E-state index in [-0.39, 0.29) is 0 Å². The molecule has 168 valence electrons. The monoisotopic (exact) mass is 450 g/mol. The molecule has 0 aliphatic carbocycles. The van der Waals surface area contributed by atoms with Crippen molar-refractivity contribution in [2.75, 3.05) is 6.54 Å². The molecule has 1 fully saturated rings. The van der Waals surface area contributed by atoms with Gasteiger partial charge >= 0.3 is 6.03 Å². The summed E-state index contributed by atoms with van der Waals surface area (Å²) >= 11 is 0. The highest BCUT2D eigenvalue weighted by atomic mass is 19.1. The van der Waals surface area contributed by atoms with Crippen LogP contribution in [0, 0.1) is 5.82 Å². The van der Waals surface area contributed by atoms with Crippen molar-refractivity contribution < 1.29 is 27.6 Å². The number of urea groups is 1. The molecular weight excluding hydrogens is 431 g/mol. The van der Waals surface area contributed by atoms with E-state index in [9.17, 15) is 18.8 Å². The first-order valence-corrected chi connectivity index (χ1v) is 10.2. The van der Waals surface area contributed by atoms with Gasteiger partial charge in [0.1, 0.15) is 41.2 Å². The van der Waals surface area contributed by atoms with Gasteiger partial charge in [0.05, 0.1) is 12.5 Å². The summed E-state index contributed by atoms with van der Waals surface area (Å²) in [5, 5.41) is 8.22. The van der Waals surface area contributed by atoms with Gasteiger partial charge in [0.25, 0.3) is 11.8 Å². The van der Waals surface area contributed by atoms with Crippen LogP contribution in [0.1, 0.15) is 36.5 Å².